The van der Waals surface area contributed by atoms with E-state index in [-0.39, 0.29) is 11.4 Å². The van der Waals surface area contributed by atoms with Crippen molar-refractivity contribution in [1.29, 1.82) is 0 Å². The molecule has 0 aliphatic heterocycles. The van der Waals surface area contributed by atoms with Crippen LogP contribution in [0.5, 0.6) is 0 Å². The lowest BCUT2D eigenvalue weighted by atomic mass is 10.2. The zero-order chi connectivity index (χ0) is 14.2. The van der Waals surface area contributed by atoms with Gasteiger partial charge in [-0.1, -0.05) is 0 Å². The van der Waals surface area contributed by atoms with Crippen LogP contribution in [-0.4, -0.2) is 32.7 Å². The summed E-state index contributed by atoms with van der Waals surface area (Å²) in [6.07, 6.45) is 0.956. The Morgan fingerprint density at radius 1 is 1.37 bits per heavy atom. The second-order valence-electron chi connectivity index (χ2n) is 3.96. The number of nitrogens with one attached hydrogen (secondary N) is 2. The quantitative estimate of drug-likeness (QED) is 0.836. The van der Waals surface area contributed by atoms with Crippen LogP contribution in [0.4, 0.5) is 10.1 Å². The van der Waals surface area contributed by atoms with Crippen molar-refractivity contribution in [2.24, 2.45) is 0 Å². The standard InChI is InChI=1S/C11H11FN2O4S/c1-18-11(15)10-5-7-8(13-10)3-6(12)4-9(7)14-19(2,16)17/h3-5,13-14H,1-2H3. The van der Waals surface area contributed by atoms with Crippen LogP contribution in [-0.2, 0) is 14.8 Å². The monoisotopic (exact) mass is 286 g/mol. The maximum absolute atomic E-state index is 13.4. The van der Waals surface area contributed by atoms with Gasteiger partial charge in [0.25, 0.3) is 0 Å². The number of benzene rings is 1. The Labute approximate surface area is 108 Å². The van der Waals surface area contributed by atoms with Crippen LogP contribution in [0.25, 0.3) is 10.9 Å². The van der Waals surface area contributed by atoms with Crippen molar-refractivity contribution in [3.63, 3.8) is 0 Å². The third-order valence-corrected chi connectivity index (χ3v) is 2.99. The van der Waals surface area contributed by atoms with Gasteiger partial charge in [-0.3, -0.25) is 4.72 Å². The summed E-state index contributed by atoms with van der Waals surface area (Å²) in [5.41, 5.74) is 0.468. The average Bonchev–Trinajstić information content (AvgIpc) is 2.69. The number of hydrogen-bond donors (Lipinski definition) is 2. The summed E-state index contributed by atoms with van der Waals surface area (Å²) < 4.78 is 42.6. The molecule has 0 aliphatic rings. The van der Waals surface area contributed by atoms with E-state index in [9.17, 15) is 17.6 Å². The van der Waals surface area contributed by atoms with Crippen LogP contribution in [0.2, 0.25) is 0 Å². The van der Waals surface area contributed by atoms with Gasteiger partial charge in [-0.2, -0.15) is 0 Å². The first kappa shape index (κ1) is 13.3. The number of fused-ring (bicyclic) bond motifs is 1. The van der Waals surface area contributed by atoms with Crippen molar-refractivity contribution in [1.82, 2.24) is 4.98 Å². The minimum absolute atomic E-state index is 0.0592. The second kappa shape index (κ2) is 4.54. The third kappa shape index (κ3) is 2.84. The molecule has 1 aromatic heterocycles. The largest absolute Gasteiger partial charge is 0.464 e. The van der Waals surface area contributed by atoms with Crippen molar-refractivity contribution in [3.8, 4) is 0 Å². The van der Waals surface area contributed by atoms with E-state index in [1.807, 2.05) is 0 Å². The van der Waals surface area contributed by atoms with E-state index in [0.29, 0.717) is 10.9 Å². The highest BCUT2D eigenvalue weighted by Crippen LogP contribution is 2.27. The predicted octanol–water partition coefficient (Wildman–Crippen LogP) is 1.47. The molecule has 19 heavy (non-hydrogen) atoms. The lowest BCUT2D eigenvalue weighted by Gasteiger charge is -2.05. The highest BCUT2D eigenvalue weighted by Gasteiger charge is 2.15. The highest BCUT2D eigenvalue weighted by molar-refractivity contribution is 7.92. The highest BCUT2D eigenvalue weighted by atomic mass is 32.2. The number of carbonyl (C=O) groups excluding carboxylic acids is 1. The molecule has 8 heteroatoms. The molecular weight excluding hydrogens is 275 g/mol. The first-order valence-electron chi connectivity index (χ1n) is 5.18. The van der Waals surface area contributed by atoms with Gasteiger partial charge in [0, 0.05) is 5.39 Å². The number of hydrogen-bond acceptors (Lipinski definition) is 4. The van der Waals surface area contributed by atoms with E-state index in [2.05, 4.69) is 14.4 Å². The van der Waals surface area contributed by atoms with Crippen LogP contribution in [0.3, 0.4) is 0 Å². The van der Waals surface area contributed by atoms with Gasteiger partial charge in [0.15, 0.2) is 0 Å². The van der Waals surface area contributed by atoms with Gasteiger partial charge in [-0.05, 0) is 18.2 Å². The van der Waals surface area contributed by atoms with Gasteiger partial charge >= 0.3 is 5.97 Å². The molecule has 1 aromatic carbocycles. The van der Waals surface area contributed by atoms with Crippen LogP contribution in [0.15, 0.2) is 18.2 Å². The van der Waals surface area contributed by atoms with Gasteiger partial charge in [0.1, 0.15) is 11.5 Å². The fourth-order valence-corrected chi connectivity index (χ4v) is 2.27. The number of anilines is 1. The normalized spacial score (nSPS) is 11.5. The number of methoxy groups -OCH3 is 1. The van der Waals surface area contributed by atoms with Crippen molar-refractivity contribution in [2.45, 2.75) is 0 Å². The van der Waals surface area contributed by atoms with E-state index in [1.54, 1.807) is 0 Å². The summed E-state index contributed by atoms with van der Waals surface area (Å²) in [5, 5.41) is 0.382. The summed E-state index contributed by atoms with van der Waals surface area (Å²) in [7, 11) is -2.34. The molecular formula is C11H11FN2O4S. The topological polar surface area (TPSA) is 88.3 Å². The zero-order valence-electron chi connectivity index (χ0n) is 10.2. The molecule has 0 saturated heterocycles. The summed E-state index contributed by atoms with van der Waals surface area (Å²) in [6, 6.07) is 3.60. The van der Waals surface area contributed by atoms with Gasteiger partial charge in [0.2, 0.25) is 10.0 Å². The molecule has 102 valence electrons. The molecule has 0 fully saturated rings. The minimum atomic E-state index is -3.55. The minimum Gasteiger partial charge on any atom is -0.464 e. The average molecular weight is 286 g/mol. The number of H-pyrrole nitrogens is 1. The maximum Gasteiger partial charge on any atom is 0.354 e. The summed E-state index contributed by atoms with van der Waals surface area (Å²) in [5.74, 6) is -1.25. The number of esters is 1. The van der Waals surface area contributed by atoms with Crippen molar-refractivity contribution < 1.29 is 22.3 Å². The Hall–Kier alpha value is -2.09. The van der Waals surface area contributed by atoms with E-state index in [0.717, 1.165) is 18.4 Å². The molecule has 2 aromatic rings. The lowest BCUT2D eigenvalue weighted by molar-refractivity contribution is 0.0595. The summed E-state index contributed by atoms with van der Waals surface area (Å²) in [6.45, 7) is 0. The molecule has 2 rings (SSSR count). The second-order valence-corrected chi connectivity index (χ2v) is 5.71. The van der Waals surface area contributed by atoms with E-state index in [1.165, 1.54) is 13.2 Å². The van der Waals surface area contributed by atoms with E-state index >= 15 is 0 Å². The molecule has 0 amide bonds. The van der Waals surface area contributed by atoms with Crippen LogP contribution in [0, 0.1) is 5.82 Å². The number of aromatic amines is 1. The fourth-order valence-electron chi connectivity index (χ4n) is 1.71. The van der Waals surface area contributed by atoms with Gasteiger partial charge in [-0.15, -0.1) is 0 Å². The summed E-state index contributed by atoms with van der Waals surface area (Å²) >= 11 is 0. The van der Waals surface area contributed by atoms with Crippen LogP contribution >= 0.6 is 0 Å². The Kier molecular flexibility index (Phi) is 3.19. The Morgan fingerprint density at radius 2 is 2.05 bits per heavy atom. The SMILES string of the molecule is COC(=O)c1cc2c(NS(C)(=O)=O)cc(F)cc2[nH]1. The first-order valence-corrected chi connectivity index (χ1v) is 7.07. The van der Waals surface area contributed by atoms with Gasteiger partial charge < -0.3 is 9.72 Å². The van der Waals surface area contributed by atoms with E-state index in [4.69, 9.17) is 0 Å². The molecule has 0 unspecified atom stereocenters. The van der Waals surface area contributed by atoms with E-state index < -0.39 is 21.8 Å². The molecule has 0 atom stereocenters. The lowest BCUT2D eigenvalue weighted by Crippen LogP contribution is -2.09. The van der Waals surface area contributed by atoms with Crippen molar-refractivity contribution >= 4 is 32.6 Å². The molecule has 2 N–H and O–H groups in total. The third-order valence-electron chi connectivity index (χ3n) is 2.40. The van der Waals surface area contributed by atoms with Crippen LogP contribution in [0.1, 0.15) is 10.5 Å². The Morgan fingerprint density at radius 3 is 2.63 bits per heavy atom. The molecule has 0 bridgehead atoms. The number of ether oxygens (including phenoxy) is 1. The fraction of sp³-hybridized carbons (Fsp3) is 0.182. The first-order chi connectivity index (χ1) is 8.80. The van der Waals surface area contributed by atoms with Gasteiger partial charge in [0.05, 0.1) is 24.6 Å². The Bertz CT molecular complexity index is 751. The number of rotatable bonds is 3. The number of halogens is 1. The number of carbonyl (C=O) groups is 1. The smallest absolute Gasteiger partial charge is 0.354 e. The number of aromatic nitrogens is 1. The number of sulfonamides is 1. The molecule has 6 nitrogen and oxygen atoms in total. The predicted molar refractivity (Wildman–Crippen MR) is 68.1 cm³/mol. The van der Waals surface area contributed by atoms with Crippen molar-refractivity contribution in [2.75, 3.05) is 18.1 Å². The zero-order valence-corrected chi connectivity index (χ0v) is 11.0. The van der Waals surface area contributed by atoms with Crippen LogP contribution < -0.4 is 4.72 Å². The van der Waals surface area contributed by atoms with Gasteiger partial charge in [-0.25, -0.2) is 17.6 Å². The molecule has 0 spiro atoms. The maximum atomic E-state index is 13.4. The summed E-state index contributed by atoms with van der Waals surface area (Å²) in [4.78, 5) is 14.0. The molecule has 0 saturated carbocycles. The molecule has 0 aliphatic carbocycles. The van der Waals surface area contributed by atoms with Crippen molar-refractivity contribution in [3.05, 3.63) is 29.7 Å². The molecule has 0 radical (unpaired) electrons. The Balaban J connectivity index is 2.63. The molecule has 1 heterocycles.